The molecule has 0 aliphatic heterocycles. The minimum Gasteiger partial charge on any atom is -0.369 e. The van der Waals surface area contributed by atoms with Crippen molar-refractivity contribution in [2.24, 2.45) is 5.92 Å². The Labute approximate surface area is 143 Å². The molecule has 0 spiro atoms. The largest absolute Gasteiger partial charge is 0.369 e. The van der Waals surface area contributed by atoms with Gasteiger partial charge in [0, 0.05) is 23.4 Å². The second-order valence-electron chi connectivity index (χ2n) is 6.45. The van der Waals surface area contributed by atoms with E-state index in [2.05, 4.69) is 49.9 Å². The normalized spacial score (nSPS) is 11.2. The number of hydrogen-bond donors (Lipinski definition) is 1. The molecule has 0 amide bonds. The molecule has 124 valence electrons. The Balaban J connectivity index is 2.19. The average molecular weight is 320 g/mol. The van der Waals surface area contributed by atoms with E-state index in [4.69, 9.17) is 4.98 Å². The minimum absolute atomic E-state index is 0.550. The van der Waals surface area contributed by atoms with E-state index in [9.17, 15) is 0 Å². The van der Waals surface area contributed by atoms with Crippen LogP contribution in [0, 0.1) is 12.8 Å². The smallest absolute Gasteiger partial charge is 0.165 e. The maximum atomic E-state index is 4.83. The van der Waals surface area contributed by atoms with E-state index in [0.717, 1.165) is 46.8 Å². The highest BCUT2D eigenvalue weighted by Gasteiger charge is 2.16. The Bertz CT molecular complexity index is 847. The summed E-state index contributed by atoms with van der Waals surface area (Å²) in [6.45, 7) is 11.2. The summed E-state index contributed by atoms with van der Waals surface area (Å²) in [5.41, 5.74) is 5.24. The van der Waals surface area contributed by atoms with Crippen LogP contribution in [0.1, 0.15) is 25.1 Å². The summed E-state index contributed by atoms with van der Waals surface area (Å²) < 4.78 is 1.93. The van der Waals surface area contributed by atoms with Gasteiger partial charge in [0.15, 0.2) is 5.65 Å². The summed E-state index contributed by atoms with van der Waals surface area (Å²) in [6.07, 6.45) is 4.59. The van der Waals surface area contributed by atoms with Crippen molar-refractivity contribution in [1.29, 1.82) is 0 Å². The molecule has 0 aliphatic carbocycles. The molecule has 0 aliphatic rings. The lowest BCUT2D eigenvalue weighted by Crippen LogP contribution is -2.15. The first-order chi connectivity index (χ1) is 11.6. The van der Waals surface area contributed by atoms with Crippen LogP contribution in [0.4, 0.5) is 5.82 Å². The van der Waals surface area contributed by atoms with Crippen LogP contribution >= 0.6 is 0 Å². The van der Waals surface area contributed by atoms with Crippen molar-refractivity contribution in [2.75, 3.05) is 11.9 Å². The van der Waals surface area contributed by atoms with Crippen LogP contribution in [0.5, 0.6) is 0 Å². The van der Waals surface area contributed by atoms with Crippen molar-refractivity contribution >= 4 is 11.5 Å². The predicted octanol–water partition coefficient (Wildman–Crippen LogP) is 4.50. The third kappa shape index (κ3) is 3.04. The zero-order valence-corrected chi connectivity index (χ0v) is 14.6. The molecule has 0 radical (unpaired) electrons. The van der Waals surface area contributed by atoms with Crippen molar-refractivity contribution in [3.05, 3.63) is 60.4 Å². The lowest BCUT2D eigenvalue weighted by Gasteiger charge is -2.16. The van der Waals surface area contributed by atoms with Gasteiger partial charge in [0.1, 0.15) is 5.82 Å². The molecule has 4 nitrogen and oxygen atoms in total. The molecule has 4 heteroatoms. The van der Waals surface area contributed by atoms with Crippen molar-refractivity contribution in [2.45, 2.75) is 27.2 Å². The summed E-state index contributed by atoms with van der Waals surface area (Å²) in [5, 5.41) is 8.17. The number of benzene rings is 1. The van der Waals surface area contributed by atoms with E-state index in [-0.39, 0.29) is 0 Å². The highest BCUT2D eigenvalue weighted by molar-refractivity contribution is 5.78. The zero-order valence-electron chi connectivity index (χ0n) is 14.6. The monoisotopic (exact) mass is 320 g/mol. The van der Waals surface area contributed by atoms with Gasteiger partial charge in [0.05, 0.1) is 6.20 Å². The Morgan fingerprint density at radius 1 is 1.25 bits per heavy atom. The fraction of sp³-hybridized carbons (Fsp3) is 0.300. The van der Waals surface area contributed by atoms with Gasteiger partial charge in [-0.15, -0.1) is 6.58 Å². The molecule has 24 heavy (non-hydrogen) atoms. The molecule has 2 aromatic heterocycles. The molecule has 0 fully saturated rings. The van der Waals surface area contributed by atoms with Crippen LogP contribution in [-0.4, -0.2) is 21.1 Å². The molecule has 3 rings (SSSR count). The highest BCUT2D eigenvalue weighted by atomic mass is 15.3. The van der Waals surface area contributed by atoms with Gasteiger partial charge < -0.3 is 5.32 Å². The van der Waals surface area contributed by atoms with Gasteiger partial charge in [0.2, 0.25) is 0 Å². The zero-order chi connectivity index (χ0) is 17.1. The Morgan fingerprint density at radius 2 is 2.00 bits per heavy atom. The third-order valence-corrected chi connectivity index (χ3v) is 4.06. The topological polar surface area (TPSA) is 42.2 Å². The van der Waals surface area contributed by atoms with Gasteiger partial charge >= 0.3 is 0 Å². The Hall–Kier alpha value is -2.62. The highest BCUT2D eigenvalue weighted by Crippen LogP contribution is 2.28. The molecule has 0 atom stereocenters. The second kappa shape index (κ2) is 6.87. The van der Waals surface area contributed by atoms with Crippen LogP contribution in [0.2, 0.25) is 0 Å². The summed E-state index contributed by atoms with van der Waals surface area (Å²) in [7, 11) is 0. The van der Waals surface area contributed by atoms with Crippen LogP contribution in [0.3, 0.4) is 0 Å². The third-order valence-electron chi connectivity index (χ3n) is 4.06. The molecule has 0 saturated heterocycles. The molecular formula is C20H24N4. The van der Waals surface area contributed by atoms with Crippen molar-refractivity contribution < 1.29 is 0 Å². The number of nitrogens with zero attached hydrogens (tertiary/aromatic N) is 3. The first-order valence-corrected chi connectivity index (χ1v) is 8.39. The fourth-order valence-electron chi connectivity index (χ4n) is 2.83. The average Bonchev–Trinajstić information content (AvgIpc) is 2.98. The van der Waals surface area contributed by atoms with E-state index >= 15 is 0 Å². The summed E-state index contributed by atoms with van der Waals surface area (Å²) in [6, 6.07) is 10.3. The maximum absolute atomic E-state index is 4.83. The van der Waals surface area contributed by atoms with Crippen LogP contribution in [0.25, 0.3) is 16.8 Å². The molecule has 0 bridgehead atoms. The van der Waals surface area contributed by atoms with Crippen LogP contribution in [0.15, 0.2) is 49.2 Å². The molecule has 3 aromatic rings. The number of hydrogen-bond acceptors (Lipinski definition) is 3. The number of rotatable bonds is 6. The van der Waals surface area contributed by atoms with Gasteiger partial charge in [0.25, 0.3) is 0 Å². The van der Waals surface area contributed by atoms with Gasteiger partial charge in [-0.2, -0.15) is 9.61 Å². The number of allylic oxidation sites excluding steroid dienone is 1. The van der Waals surface area contributed by atoms with E-state index in [1.807, 2.05) is 35.0 Å². The minimum atomic E-state index is 0.550. The maximum Gasteiger partial charge on any atom is 0.165 e. The van der Waals surface area contributed by atoms with E-state index in [1.54, 1.807) is 0 Å². The number of anilines is 1. The molecule has 1 N–H and O–H groups in total. The van der Waals surface area contributed by atoms with Gasteiger partial charge in [-0.3, -0.25) is 0 Å². The van der Waals surface area contributed by atoms with E-state index in [0.29, 0.717) is 5.92 Å². The van der Waals surface area contributed by atoms with Crippen molar-refractivity contribution in [3.8, 4) is 11.1 Å². The fourth-order valence-corrected chi connectivity index (χ4v) is 2.83. The van der Waals surface area contributed by atoms with Crippen molar-refractivity contribution in [1.82, 2.24) is 14.6 Å². The summed E-state index contributed by atoms with van der Waals surface area (Å²) in [4.78, 5) is 4.83. The quantitative estimate of drug-likeness (QED) is 0.680. The van der Waals surface area contributed by atoms with Crippen LogP contribution in [-0.2, 0) is 6.42 Å². The van der Waals surface area contributed by atoms with Gasteiger partial charge in [-0.25, -0.2) is 4.98 Å². The molecule has 0 saturated carbocycles. The number of aryl methyl sites for hydroxylation is 1. The summed E-state index contributed by atoms with van der Waals surface area (Å²) in [5.74, 6) is 1.57. The lowest BCUT2D eigenvalue weighted by molar-refractivity contribution is 0.682. The van der Waals surface area contributed by atoms with Gasteiger partial charge in [-0.1, -0.05) is 50.3 Å². The van der Waals surface area contributed by atoms with Crippen molar-refractivity contribution in [3.63, 3.8) is 0 Å². The molecule has 1 aromatic carbocycles. The van der Waals surface area contributed by atoms with Gasteiger partial charge in [-0.05, 0) is 24.8 Å². The van der Waals surface area contributed by atoms with Crippen LogP contribution < -0.4 is 5.32 Å². The first kappa shape index (κ1) is 16.2. The molecular weight excluding hydrogens is 296 g/mol. The molecule has 2 heterocycles. The number of nitrogens with one attached hydrogen (secondary N) is 1. The second-order valence-corrected chi connectivity index (χ2v) is 6.45. The predicted molar refractivity (Wildman–Crippen MR) is 100 cm³/mol. The standard InChI is InChI=1S/C20H24N4/c1-5-9-17-15(4)23-20-18(16-10-7-6-8-11-16)13-22-24(20)19(17)21-12-14(2)3/h5-8,10-11,13-14,21H,1,9,12H2,2-4H3. The number of aromatic nitrogens is 3. The van der Waals surface area contributed by atoms with E-state index < -0.39 is 0 Å². The first-order valence-electron chi connectivity index (χ1n) is 8.39. The number of fused-ring (bicyclic) bond motifs is 1. The Morgan fingerprint density at radius 3 is 2.67 bits per heavy atom. The SMILES string of the molecule is C=CCc1c(C)nc2c(-c3ccccc3)cnn2c1NCC(C)C. The summed E-state index contributed by atoms with van der Waals surface area (Å²) >= 11 is 0. The van der Waals surface area contributed by atoms with E-state index in [1.165, 1.54) is 0 Å². The molecule has 0 unspecified atom stereocenters. The lowest BCUT2D eigenvalue weighted by atomic mass is 10.1. The Kier molecular flexibility index (Phi) is 4.65.